The quantitative estimate of drug-likeness (QED) is 0.810. The molecule has 0 unspecified atom stereocenters. The number of nitrogens with two attached hydrogens (primary N) is 1. The van der Waals surface area contributed by atoms with Crippen molar-refractivity contribution in [1.29, 1.82) is 0 Å². The van der Waals surface area contributed by atoms with Gasteiger partial charge in [0, 0.05) is 11.6 Å². The molecule has 0 saturated carbocycles. The second kappa shape index (κ2) is 4.91. The van der Waals surface area contributed by atoms with E-state index in [0.29, 0.717) is 5.75 Å². The first kappa shape index (κ1) is 10.9. The van der Waals surface area contributed by atoms with Crippen LogP contribution in [0.1, 0.15) is 18.0 Å². The molecule has 2 N–H and O–H groups in total. The minimum absolute atomic E-state index is 0.0945. The molecule has 2 nitrogen and oxygen atoms in total. The molecule has 0 heterocycles. The zero-order chi connectivity index (χ0) is 10.6. The Morgan fingerprint density at radius 2 is 2.21 bits per heavy atom. The molecule has 1 aromatic rings. The molecule has 0 fully saturated rings. The largest absolute Gasteiger partial charge is 0.496 e. The fraction of sp³-hybridized carbons (Fsp3) is 0.400. The topological polar surface area (TPSA) is 35.2 Å². The van der Waals surface area contributed by atoms with E-state index in [0.717, 1.165) is 0 Å². The van der Waals surface area contributed by atoms with Crippen LogP contribution in [0.2, 0.25) is 0 Å². The summed E-state index contributed by atoms with van der Waals surface area (Å²) in [6, 6.07) is 3.77. The van der Waals surface area contributed by atoms with Crippen LogP contribution in [0.3, 0.4) is 0 Å². The molecule has 1 rings (SSSR count). The van der Waals surface area contributed by atoms with E-state index in [2.05, 4.69) is 0 Å². The van der Waals surface area contributed by atoms with Crippen LogP contribution in [-0.4, -0.2) is 13.8 Å². The Bertz CT molecular complexity index is 304. The third-order valence-corrected chi connectivity index (χ3v) is 2.02. The highest BCUT2D eigenvalue weighted by atomic mass is 19.1. The fourth-order valence-electron chi connectivity index (χ4n) is 1.32. The molecule has 0 amide bonds. The zero-order valence-corrected chi connectivity index (χ0v) is 7.97. The first-order valence-corrected chi connectivity index (χ1v) is 4.34. The molecule has 78 valence electrons. The Morgan fingerprint density at radius 3 is 2.79 bits per heavy atom. The molecule has 0 aromatic heterocycles. The minimum Gasteiger partial charge on any atom is -0.496 e. The van der Waals surface area contributed by atoms with E-state index in [1.54, 1.807) is 6.07 Å². The first-order valence-electron chi connectivity index (χ1n) is 4.34. The predicted octanol–water partition coefficient (Wildman–Crippen LogP) is 2.19. The Kier molecular flexibility index (Phi) is 3.83. The average Bonchev–Trinajstić information content (AvgIpc) is 2.17. The number of halogens is 2. The van der Waals surface area contributed by atoms with Crippen LogP contribution in [0.15, 0.2) is 18.2 Å². The van der Waals surface area contributed by atoms with Gasteiger partial charge in [-0.2, -0.15) is 0 Å². The number of rotatable bonds is 4. The molecular weight excluding hydrogens is 188 g/mol. The van der Waals surface area contributed by atoms with Crippen LogP contribution in [0.5, 0.6) is 5.75 Å². The van der Waals surface area contributed by atoms with Crippen molar-refractivity contribution >= 4 is 0 Å². The van der Waals surface area contributed by atoms with Crippen molar-refractivity contribution in [3.8, 4) is 5.75 Å². The van der Waals surface area contributed by atoms with E-state index < -0.39 is 18.5 Å². The van der Waals surface area contributed by atoms with Gasteiger partial charge in [-0.15, -0.1) is 0 Å². The molecule has 0 aliphatic rings. The maximum Gasteiger partial charge on any atom is 0.131 e. The molecule has 4 heteroatoms. The van der Waals surface area contributed by atoms with Crippen molar-refractivity contribution in [3.05, 3.63) is 29.6 Å². The number of hydrogen-bond acceptors (Lipinski definition) is 2. The number of hydrogen-bond donors (Lipinski definition) is 1. The molecule has 1 atom stereocenters. The van der Waals surface area contributed by atoms with Crippen molar-refractivity contribution in [1.82, 2.24) is 0 Å². The Hall–Kier alpha value is -1.16. The van der Waals surface area contributed by atoms with Gasteiger partial charge in [0.15, 0.2) is 0 Å². The second-order valence-corrected chi connectivity index (χ2v) is 2.94. The molecule has 0 aliphatic carbocycles. The number of ether oxygens (including phenoxy) is 1. The molecule has 0 radical (unpaired) electrons. The zero-order valence-electron chi connectivity index (χ0n) is 7.97. The highest BCUT2D eigenvalue weighted by Gasteiger charge is 2.16. The smallest absolute Gasteiger partial charge is 0.131 e. The SMILES string of the molecule is COc1cccc(F)c1[C@@H](N)CCF. The Labute approximate surface area is 81.7 Å². The maximum absolute atomic E-state index is 13.3. The van der Waals surface area contributed by atoms with Crippen LogP contribution in [0.25, 0.3) is 0 Å². The average molecular weight is 201 g/mol. The van der Waals surface area contributed by atoms with Gasteiger partial charge in [0.05, 0.1) is 13.8 Å². The molecule has 0 aliphatic heterocycles. The highest BCUT2D eigenvalue weighted by Crippen LogP contribution is 2.28. The van der Waals surface area contributed by atoms with Crippen molar-refractivity contribution < 1.29 is 13.5 Å². The van der Waals surface area contributed by atoms with E-state index in [9.17, 15) is 8.78 Å². The lowest BCUT2D eigenvalue weighted by Gasteiger charge is -2.14. The van der Waals surface area contributed by atoms with Crippen LogP contribution in [0, 0.1) is 5.82 Å². The Balaban J connectivity index is 3.03. The molecule has 0 saturated heterocycles. The van der Waals surface area contributed by atoms with Crippen LogP contribution < -0.4 is 10.5 Å². The molecule has 1 aromatic carbocycles. The van der Waals surface area contributed by atoms with E-state index in [4.69, 9.17) is 10.5 Å². The van der Waals surface area contributed by atoms with Gasteiger partial charge in [-0.1, -0.05) is 6.07 Å². The molecule has 14 heavy (non-hydrogen) atoms. The summed E-state index contributed by atoms with van der Waals surface area (Å²) in [7, 11) is 1.43. The minimum atomic E-state index is -0.656. The fourth-order valence-corrected chi connectivity index (χ4v) is 1.32. The van der Waals surface area contributed by atoms with Crippen molar-refractivity contribution in [2.24, 2.45) is 5.73 Å². The number of benzene rings is 1. The van der Waals surface area contributed by atoms with E-state index in [1.807, 2.05) is 0 Å². The number of methoxy groups -OCH3 is 1. The Morgan fingerprint density at radius 1 is 1.50 bits per heavy atom. The van der Waals surface area contributed by atoms with Crippen LogP contribution >= 0.6 is 0 Å². The van der Waals surface area contributed by atoms with Gasteiger partial charge in [-0.3, -0.25) is 4.39 Å². The summed E-state index contributed by atoms with van der Waals surface area (Å²) in [4.78, 5) is 0. The van der Waals surface area contributed by atoms with Gasteiger partial charge in [0.25, 0.3) is 0 Å². The second-order valence-electron chi connectivity index (χ2n) is 2.94. The first-order chi connectivity index (χ1) is 6.70. The normalized spacial score (nSPS) is 12.6. The summed E-state index contributed by atoms with van der Waals surface area (Å²) < 4.78 is 30.3. The van der Waals surface area contributed by atoms with Gasteiger partial charge in [-0.25, -0.2) is 4.39 Å². The lowest BCUT2D eigenvalue weighted by atomic mass is 10.0. The summed E-state index contributed by atoms with van der Waals surface area (Å²) in [6.07, 6.45) is 0.0945. The van der Waals surface area contributed by atoms with E-state index in [1.165, 1.54) is 19.2 Å². The summed E-state index contributed by atoms with van der Waals surface area (Å²) in [5, 5.41) is 0. The van der Waals surface area contributed by atoms with Gasteiger partial charge in [-0.05, 0) is 18.6 Å². The standard InChI is InChI=1S/C10H13F2NO/c1-14-9-4-2-3-7(12)10(9)8(13)5-6-11/h2-4,8H,5-6,13H2,1H3/t8-/m0/s1. The van der Waals surface area contributed by atoms with Crippen LogP contribution in [-0.2, 0) is 0 Å². The van der Waals surface area contributed by atoms with Crippen molar-refractivity contribution in [2.45, 2.75) is 12.5 Å². The lowest BCUT2D eigenvalue weighted by molar-refractivity contribution is 0.387. The number of alkyl halides is 1. The van der Waals surface area contributed by atoms with Gasteiger partial charge in [0.1, 0.15) is 11.6 Å². The van der Waals surface area contributed by atoms with Crippen molar-refractivity contribution in [2.75, 3.05) is 13.8 Å². The van der Waals surface area contributed by atoms with Gasteiger partial charge >= 0.3 is 0 Å². The van der Waals surface area contributed by atoms with E-state index >= 15 is 0 Å². The summed E-state index contributed by atoms with van der Waals surface area (Å²) in [6.45, 7) is -0.571. The molecule has 0 bridgehead atoms. The van der Waals surface area contributed by atoms with Gasteiger partial charge in [0.2, 0.25) is 0 Å². The third-order valence-electron chi connectivity index (χ3n) is 2.02. The van der Waals surface area contributed by atoms with Crippen molar-refractivity contribution in [3.63, 3.8) is 0 Å². The van der Waals surface area contributed by atoms with Gasteiger partial charge < -0.3 is 10.5 Å². The monoisotopic (exact) mass is 201 g/mol. The molecule has 0 spiro atoms. The predicted molar refractivity (Wildman–Crippen MR) is 50.5 cm³/mol. The summed E-state index contributed by atoms with van der Waals surface area (Å²) >= 11 is 0. The lowest BCUT2D eigenvalue weighted by Crippen LogP contribution is -2.14. The maximum atomic E-state index is 13.3. The summed E-state index contributed by atoms with van der Waals surface area (Å²) in [5.41, 5.74) is 5.87. The summed E-state index contributed by atoms with van der Waals surface area (Å²) in [5.74, 6) is -0.0868. The molecular formula is C10H13F2NO. The highest BCUT2D eigenvalue weighted by molar-refractivity contribution is 5.36. The van der Waals surface area contributed by atoms with E-state index in [-0.39, 0.29) is 12.0 Å². The van der Waals surface area contributed by atoms with Crippen LogP contribution in [0.4, 0.5) is 8.78 Å². The third kappa shape index (κ3) is 2.20.